The van der Waals surface area contributed by atoms with Gasteiger partial charge in [-0.1, -0.05) is 48.5 Å². The molecule has 12 nitrogen and oxygen atoms in total. The molecule has 4 aromatic carbocycles. The molecule has 3 N–H and O–H groups in total. The molecule has 5 aromatic rings. The number of H-pyrrole nitrogens is 1. The number of nitrogens with zero attached hydrogens (tertiary/aromatic N) is 4. The van der Waals surface area contributed by atoms with Crippen LogP contribution in [0, 0.1) is 10.1 Å². The highest BCUT2D eigenvalue weighted by Gasteiger charge is 2.24. The van der Waals surface area contributed by atoms with E-state index in [0.717, 1.165) is 59.9 Å². The summed E-state index contributed by atoms with van der Waals surface area (Å²) in [4.78, 5) is 37.3. The van der Waals surface area contributed by atoms with Gasteiger partial charge in [0.25, 0.3) is 21.6 Å². The largest absolute Gasteiger partial charge is 0.379 e. The van der Waals surface area contributed by atoms with Crippen LogP contribution < -0.4 is 14.9 Å². The van der Waals surface area contributed by atoms with Crippen molar-refractivity contribution in [2.24, 2.45) is 0 Å². The number of imidazole rings is 1. The minimum atomic E-state index is -4.38. The average molecular weight is 698 g/mol. The molecule has 252 valence electrons. The summed E-state index contributed by atoms with van der Waals surface area (Å²) in [6, 6.07) is 30.1. The Morgan fingerprint density at radius 3 is 2.31 bits per heavy atom. The first-order chi connectivity index (χ1) is 23.7. The number of amides is 1. The summed E-state index contributed by atoms with van der Waals surface area (Å²) in [7, 11) is -4.38. The van der Waals surface area contributed by atoms with Gasteiger partial charge in [-0.05, 0) is 54.1 Å². The third-order valence-corrected chi connectivity index (χ3v) is 10.4. The standard InChI is InChI=1S/C35H35N7O5S2/c43-35(39-49(46,47)30-15-16-31(33(23-30)42(44)45)36-17-22-48-29-9-5-2-6-10-29)27-11-13-28(14-12-27)41-20-18-40(19-21-41)25-34-37-24-32(38-34)26-7-3-1-4-8-26/h1-16,23-24,36H,17-22,25H2,(H,37,38)(H,39,43). The van der Waals surface area contributed by atoms with Crippen LogP contribution in [0.2, 0.25) is 0 Å². The number of carbonyl (C=O) groups excluding carboxylic acids is 1. The van der Waals surface area contributed by atoms with Crippen molar-refractivity contribution in [2.45, 2.75) is 16.3 Å². The number of carbonyl (C=O) groups is 1. The number of rotatable bonds is 13. The average Bonchev–Trinajstić information content (AvgIpc) is 3.59. The Morgan fingerprint density at radius 1 is 0.918 bits per heavy atom. The highest BCUT2D eigenvalue weighted by atomic mass is 32.2. The first kappa shape index (κ1) is 33.7. The number of sulfonamides is 1. The van der Waals surface area contributed by atoms with Gasteiger partial charge in [0.2, 0.25) is 0 Å². The Kier molecular flexibility index (Phi) is 10.6. The molecule has 0 saturated carbocycles. The number of benzene rings is 4. The number of aromatic amines is 1. The maximum absolute atomic E-state index is 13.1. The molecular formula is C35H35N7O5S2. The molecule has 0 atom stereocenters. The highest BCUT2D eigenvalue weighted by Crippen LogP contribution is 2.28. The van der Waals surface area contributed by atoms with Crippen molar-refractivity contribution in [1.29, 1.82) is 0 Å². The van der Waals surface area contributed by atoms with Crippen molar-refractivity contribution in [3.8, 4) is 11.3 Å². The van der Waals surface area contributed by atoms with Crippen LogP contribution in [0.5, 0.6) is 0 Å². The Balaban J connectivity index is 1.01. The number of hydrogen-bond acceptors (Lipinski definition) is 10. The number of nitro groups is 1. The van der Waals surface area contributed by atoms with Crippen molar-refractivity contribution >= 4 is 44.8 Å². The number of nitro benzene ring substituents is 1. The molecule has 0 unspecified atom stereocenters. The normalized spacial score (nSPS) is 13.6. The Morgan fingerprint density at radius 2 is 1.61 bits per heavy atom. The van der Waals surface area contributed by atoms with Crippen LogP contribution in [0.15, 0.2) is 119 Å². The summed E-state index contributed by atoms with van der Waals surface area (Å²) in [5.41, 5.74) is 2.95. The van der Waals surface area contributed by atoms with Crippen LogP contribution in [0.25, 0.3) is 11.3 Å². The summed E-state index contributed by atoms with van der Waals surface area (Å²) in [5, 5.41) is 14.8. The Hall–Kier alpha value is -5.18. The summed E-state index contributed by atoms with van der Waals surface area (Å²) in [6.45, 7) is 4.35. The Labute approximate surface area is 288 Å². The number of aromatic nitrogens is 2. The topological polar surface area (TPSA) is 154 Å². The summed E-state index contributed by atoms with van der Waals surface area (Å²) < 4.78 is 28.2. The minimum Gasteiger partial charge on any atom is -0.379 e. The molecule has 2 heterocycles. The molecule has 1 saturated heterocycles. The summed E-state index contributed by atoms with van der Waals surface area (Å²) in [6.07, 6.45) is 1.86. The molecule has 49 heavy (non-hydrogen) atoms. The molecule has 1 aliphatic heterocycles. The maximum Gasteiger partial charge on any atom is 0.293 e. The van der Waals surface area contributed by atoms with E-state index in [0.29, 0.717) is 18.8 Å². The van der Waals surface area contributed by atoms with Crippen molar-refractivity contribution in [1.82, 2.24) is 19.6 Å². The van der Waals surface area contributed by atoms with Gasteiger partial charge in [0.1, 0.15) is 11.5 Å². The van der Waals surface area contributed by atoms with E-state index < -0.39 is 26.5 Å². The van der Waals surface area contributed by atoms with Crippen molar-refractivity contribution in [3.05, 3.63) is 131 Å². The van der Waals surface area contributed by atoms with E-state index in [1.54, 1.807) is 36.0 Å². The van der Waals surface area contributed by atoms with Crippen LogP contribution >= 0.6 is 11.8 Å². The van der Waals surface area contributed by atoms with Crippen LogP contribution in [-0.4, -0.2) is 72.6 Å². The number of piperazine rings is 1. The first-order valence-electron chi connectivity index (χ1n) is 15.7. The van der Waals surface area contributed by atoms with E-state index in [-0.39, 0.29) is 16.1 Å². The van der Waals surface area contributed by atoms with E-state index in [1.165, 1.54) is 12.1 Å². The molecule has 1 aliphatic rings. The van der Waals surface area contributed by atoms with E-state index in [1.807, 2.05) is 71.6 Å². The fourth-order valence-electron chi connectivity index (χ4n) is 5.50. The third kappa shape index (κ3) is 8.65. The van der Waals surface area contributed by atoms with Gasteiger partial charge in [0.15, 0.2) is 0 Å². The smallest absolute Gasteiger partial charge is 0.293 e. The molecule has 1 amide bonds. The SMILES string of the molecule is O=C(NS(=O)(=O)c1ccc(NCCSc2ccccc2)c([N+](=O)[O-])c1)c1ccc(N2CCN(Cc3ncc(-c4ccccc4)[nH]3)CC2)cc1. The van der Waals surface area contributed by atoms with Gasteiger partial charge in [-0.3, -0.25) is 19.8 Å². The number of nitrogens with one attached hydrogen (secondary N) is 3. The molecule has 0 aliphatic carbocycles. The maximum atomic E-state index is 13.1. The lowest BCUT2D eigenvalue weighted by Crippen LogP contribution is -2.46. The van der Waals surface area contributed by atoms with E-state index >= 15 is 0 Å². The molecule has 1 aromatic heterocycles. The second-order valence-corrected chi connectivity index (χ2v) is 14.2. The molecule has 0 radical (unpaired) electrons. The number of anilines is 2. The fourth-order valence-corrected chi connectivity index (χ4v) is 7.28. The zero-order valence-corrected chi connectivity index (χ0v) is 28.1. The predicted octanol–water partition coefficient (Wildman–Crippen LogP) is 5.63. The predicted molar refractivity (Wildman–Crippen MR) is 191 cm³/mol. The number of hydrogen-bond donors (Lipinski definition) is 3. The highest BCUT2D eigenvalue weighted by molar-refractivity contribution is 7.99. The second-order valence-electron chi connectivity index (χ2n) is 11.4. The van der Waals surface area contributed by atoms with Gasteiger partial charge in [-0.25, -0.2) is 18.1 Å². The van der Waals surface area contributed by atoms with Crippen molar-refractivity contribution < 1.29 is 18.1 Å². The van der Waals surface area contributed by atoms with Gasteiger partial charge in [-0.2, -0.15) is 0 Å². The van der Waals surface area contributed by atoms with Gasteiger partial charge in [-0.15, -0.1) is 11.8 Å². The third-order valence-electron chi connectivity index (χ3n) is 8.09. The van der Waals surface area contributed by atoms with Crippen molar-refractivity contribution in [2.75, 3.05) is 48.7 Å². The first-order valence-corrected chi connectivity index (χ1v) is 18.2. The number of thioether (sulfide) groups is 1. The molecule has 0 bridgehead atoms. The van der Waals surface area contributed by atoms with Gasteiger partial charge >= 0.3 is 0 Å². The van der Waals surface area contributed by atoms with E-state index in [9.17, 15) is 23.3 Å². The lowest BCUT2D eigenvalue weighted by molar-refractivity contribution is -0.384. The van der Waals surface area contributed by atoms with Gasteiger partial charge < -0.3 is 15.2 Å². The molecule has 0 spiro atoms. The van der Waals surface area contributed by atoms with Gasteiger partial charge in [0, 0.05) is 60.7 Å². The van der Waals surface area contributed by atoms with Gasteiger partial charge in [0.05, 0.1) is 28.3 Å². The Bertz CT molecular complexity index is 2000. The molecule has 6 rings (SSSR count). The fraction of sp³-hybridized carbons (Fsp3) is 0.200. The molecular weight excluding hydrogens is 663 g/mol. The summed E-state index contributed by atoms with van der Waals surface area (Å²) in [5.74, 6) is 0.731. The lowest BCUT2D eigenvalue weighted by atomic mass is 10.1. The zero-order chi connectivity index (χ0) is 34.2. The van der Waals surface area contributed by atoms with Crippen LogP contribution in [0.4, 0.5) is 17.1 Å². The van der Waals surface area contributed by atoms with Crippen molar-refractivity contribution in [3.63, 3.8) is 0 Å². The van der Waals surface area contributed by atoms with Crippen LogP contribution in [0.1, 0.15) is 16.2 Å². The van der Waals surface area contributed by atoms with Crippen LogP contribution in [-0.2, 0) is 16.6 Å². The monoisotopic (exact) mass is 697 g/mol. The van der Waals surface area contributed by atoms with E-state index in [2.05, 4.69) is 25.1 Å². The quantitative estimate of drug-likeness (QED) is 0.0611. The van der Waals surface area contributed by atoms with Crippen LogP contribution in [0.3, 0.4) is 0 Å². The van der Waals surface area contributed by atoms with E-state index in [4.69, 9.17) is 0 Å². The molecule has 1 fully saturated rings. The molecule has 14 heteroatoms. The summed E-state index contributed by atoms with van der Waals surface area (Å²) >= 11 is 1.59. The lowest BCUT2D eigenvalue weighted by Gasteiger charge is -2.35. The minimum absolute atomic E-state index is 0.154. The second kappa shape index (κ2) is 15.4. The zero-order valence-electron chi connectivity index (χ0n) is 26.5.